The number of carbonyl (C=O) groups is 1. The molecule has 28 heavy (non-hydrogen) atoms. The molecule has 1 aromatic heterocycles. The van der Waals surface area contributed by atoms with E-state index < -0.39 is 10.0 Å². The molecule has 1 amide bonds. The second-order valence-corrected chi connectivity index (χ2v) is 9.13. The molecule has 0 unspecified atom stereocenters. The van der Waals surface area contributed by atoms with Gasteiger partial charge in [-0.1, -0.05) is 12.1 Å². The minimum Gasteiger partial charge on any atom is -0.337 e. The predicted octanol–water partition coefficient (Wildman–Crippen LogP) is 4.44. The molecule has 0 fully saturated rings. The first-order chi connectivity index (χ1) is 13.3. The molecule has 0 aliphatic rings. The second-order valence-electron chi connectivity index (χ2n) is 6.67. The Morgan fingerprint density at radius 2 is 1.79 bits per heavy atom. The zero-order valence-electron chi connectivity index (χ0n) is 16.0. The summed E-state index contributed by atoms with van der Waals surface area (Å²) in [4.78, 5) is 14.3. The number of hydrogen-bond acceptors (Lipinski definition) is 4. The lowest BCUT2D eigenvalue weighted by Gasteiger charge is -2.17. The summed E-state index contributed by atoms with van der Waals surface area (Å²) in [6.07, 6.45) is 0. The Morgan fingerprint density at radius 1 is 1.07 bits per heavy atom. The summed E-state index contributed by atoms with van der Waals surface area (Å²) < 4.78 is 28.0. The number of sulfonamides is 1. The Kier molecular flexibility index (Phi) is 5.86. The number of anilines is 1. The van der Waals surface area contributed by atoms with E-state index in [4.69, 9.17) is 0 Å². The normalized spacial score (nSPS) is 11.2. The average molecular weight is 415 g/mol. The minimum absolute atomic E-state index is 0.116. The molecule has 1 N–H and O–H groups in total. The zero-order chi connectivity index (χ0) is 20.3. The van der Waals surface area contributed by atoms with Crippen molar-refractivity contribution in [3.05, 3.63) is 81.5 Å². The van der Waals surface area contributed by atoms with Gasteiger partial charge in [0.05, 0.1) is 10.6 Å². The van der Waals surface area contributed by atoms with Crippen LogP contribution in [0.15, 0.2) is 64.2 Å². The van der Waals surface area contributed by atoms with Crippen molar-refractivity contribution in [2.45, 2.75) is 25.3 Å². The molecular formula is C21H22N2O3S2. The quantitative estimate of drug-likeness (QED) is 0.648. The number of rotatable bonds is 6. The highest BCUT2D eigenvalue weighted by Gasteiger charge is 2.18. The van der Waals surface area contributed by atoms with Crippen molar-refractivity contribution in [3.8, 4) is 0 Å². The molecular weight excluding hydrogens is 392 g/mol. The van der Waals surface area contributed by atoms with Crippen molar-refractivity contribution in [2.75, 3.05) is 11.8 Å². The summed E-state index contributed by atoms with van der Waals surface area (Å²) in [7, 11) is -2.00. The van der Waals surface area contributed by atoms with Crippen LogP contribution in [0, 0.1) is 13.8 Å². The van der Waals surface area contributed by atoms with Crippen molar-refractivity contribution in [3.63, 3.8) is 0 Å². The van der Waals surface area contributed by atoms with Gasteiger partial charge in [-0.15, -0.1) is 0 Å². The Morgan fingerprint density at radius 3 is 2.43 bits per heavy atom. The highest BCUT2D eigenvalue weighted by Crippen LogP contribution is 2.22. The van der Waals surface area contributed by atoms with Crippen molar-refractivity contribution in [1.82, 2.24) is 4.90 Å². The van der Waals surface area contributed by atoms with Crippen LogP contribution in [0.5, 0.6) is 0 Å². The summed E-state index contributed by atoms with van der Waals surface area (Å²) in [6.45, 7) is 4.31. The highest BCUT2D eigenvalue weighted by molar-refractivity contribution is 7.92. The van der Waals surface area contributed by atoms with Gasteiger partial charge in [0.15, 0.2) is 0 Å². The second kappa shape index (κ2) is 8.16. The molecule has 3 aromatic rings. The monoisotopic (exact) mass is 414 g/mol. The smallest absolute Gasteiger partial charge is 0.261 e. The maximum Gasteiger partial charge on any atom is 0.261 e. The van der Waals surface area contributed by atoms with Crippen LogP contribution in [0.3, 0.4) is 0 Å². The number of benzene rings is 2. The van der Waals surface area contributed by atoms with E-state index in [-0.39, 0.29) is 10.8 Å². The van der Waals surface area contributed by atoms with Crippen LogP contribution in [0.2, 0.25) is 0 Å². The molecule has 0 bridgehead atoms. The summed E-state index contributed by atoms with van der Waals surface area (Å²) >= 11 is 1.58. The summed E-state index contributed by atoms with van der Waals surface area (Å²) in [5.74, 6) is -0.155. The largest absolute Gasteiger partial charge is 0.337 e. The molecule has 0 radical (unpaired) electrons. The van der Waals surface area contributed by atoms with Crippen LogP contribution < -0.4 is 4.72 Å². The van der Waals surface area contributed by atoms with Gasteiger partial charge >= 0.3 is 0 Å². The minimum atomic E-state index is -3.73. The van der Waals surface area contributed by atoms with Gasteiger partial charge in [-0.05, 0) is 77.7 Å². The van der Waals surface area contributed by atoms with E-state index in [2.05, 4.69) is 4.72 Å². The third-order valence-electron chi connectivity index (χ3n) is 4.61. The molecule has 0 atom stereocenters. The number of amides is 1. The first-order valence-electron chi connectivity index (χ1n) is 8.73. The lowest BCUT2D eigenvalue weighted by molar-refractivity contribution is 0.0785. The lowest BCUT2D eigenvalue weighted by Crippen LogP contribution is -2.26. The van der Waals surface area contributed by atoms with Gasteiger partial charge in [0, 0.05) is 19.2 Å². The Hall–Kier alpha value is -2.64. The number of hydrogen-bond donors (Lipinski definition) is 1. The molecule has 5 nitrogen and oxygen atoms in total. The Labute approximate surface area is 169 Å². The maximum absolute atomic E-state index is 12.7. The number of thiophene rings is 1. The Bertz CT molecular complexity index is 1070. The summed E-state index contributed by atoms with van der Waals surface area (Å²) in [5, 5.41) is 3.97. The third-order valence-corrected chi connectivity index (χ3v) is 6.72. The molecule has 1 heterocycles. The van der Waals surface area contributed by atoms with Crippen LogP contribution in [0.4, 0.5) is 5.69 Å². The van der Waals surface area contributed by atoms with E-state index in [9.17, 15) is 13.2 Å². The zero-order valence-corrected chi connectivity index (χ0v) is 17.6. The van der Waals surface area contributed by atoms with Gasteiger partial charge < -0.3 is 4.90 Å². The summed E-state index contributed by atoms with van der Waals surface area (Å²) in [6, 6.07) is 13.5. The van der Waals surface area contributed by atoms with E-state index in [1.807, 2.05) is 42.8 Å². The molecule has 146 valence electrons. The fraction of sp³-hybridized carbons (Fsp3) is 0.190. The number of nitrogens with zero attached hydrogens (tertiary/aromatic N) is 1. The van der Waals surface area contributed by atoms with E-state index in [0.29, 0.717) is 17.8 Å². The highest BCUT2D eigenvalue weighted by atomic mass is 32.2. The fourth-order valence-corrected chi connectivity index (χ4v) is 4.57. The van der Waals surface area contributed by atoms with Gasteiger partial charge in [0.25, 0.3) is 15.9 Å². The molecule has 3 rings (SSSR count). The van der Waals surface area contributed by atoms with Crippen LogP contribution in [0.25, 0.3) is 0 Å². The lowest BCUT2D eigenvalue weighted by atomic mass is 10.1. The van der Waals surface area contributed by atoms with Crippen LogP contribution in [0.1, 0.15) is 27.0 Å². The number of carbonyl (C=O) groups excluding carboxylic acids is 1. The van der Waals surface area contributed by atoms with Crippen LogP contribution in [-0.4, -0.2) is 26.3 Å². The first kappa shape index (κ1) is 20.1. The van der Waals surface area contributed by atoms with E-state index in [0.717, 1.165) is 16.7 Å². The van der Waals surface area contributed by atoms with Crippen molar-refractivity contribution < 1.29 is 13.2 Å². The van der Waals surface area contributed by atoms with E-state index >= 15 is 0 Å². The topological polar surface area (TPSA) is 66.5 Å². The molecule has 0 aliphatic carbocycles. The summed E-state index contributed by atoms with van der Waals surface area (Å²) in [5.41, 5.74) is 3.96. The maximum atomic E-state index is 12.7. The van der Waals surface area contributed by atoms with Crippen molar-refractivity contribution in [1.29, 1.82) is 0 Å². The van der Waals surface area contributed by atoms with E-state index in [1.54, 1.807) is 41.5 Å². The number of aryl methyl sites for hydroxylation is 1. The third kappa shape index (κ3) is 4.43. The molecule has 0 aliphatic heterocycles. The first-order valence-corrected chi connectivity index (χ1v) is 11.2. The standard InChI is InChI=1S/C21H22N2O3S2/c1-15-5-4-6-20(16(15)2)22-28(25,26)19-9-7-18(8-10-19)21(24)23(3)13-17-11-12-27-14-17/h4-12,14,22H,13H2,1-3H3. The SMILES string of the molecule is Cc1cccc(NS(=O)(=O)c2ccc(C(=O)N(C)Cc3ccsc3)cc2)c1C. The van der Waals surface area contributed by atoms with Gasteiger partial charge in [-0.25, -0.2) is 8.42 Å². The fourth-order valence-electron chi connectivity index (χ4n) is 2.79. The predicted molar refractivity (Wildman–Crippen MR) is 113 cm³/mol. The van der Waals surface area contributed by atoms with E-state index in [1.165, 1.54) is 12.1 Å². The molecule has 0 spiro atoms. The average Bonchev–Trinajstić information content (AvgIpc) is 3.18. The molecule has 0 saturated carbocycles. The molecule has 2 aromatic carbocycles. The van der Waals surface area contributed by atoms with Crippen molar-refractivity contribution >= 4 is 33.0 Å². The molecule has 7 heteroatoms. The van der Waals surface area contributed by atoms with Crippen LogP contribution in [-0.2, 0) is 16.6 Å². The molecule has 0 saturated heterocycles. The van der Waals surface area contributed by atoms with Gasteiger partial charge in [0.1, 0.15) is 0 Å². The van der Waals surface area contributed by atoms with Crippen molar-refractivity contribution in [2.24, 2.45) is 0 Å². The van der Waals surface area contributed by atoms with Gasteiger partial charge in [-0.3, -0.25) is 9.52 Å². The van der Waals surface area contributed by atoms with Crippen LogP contribution >= 0.6 is 11.3 Å². The van der Waals surface area contributed by atoms with Gasteiger partial charge in [-0.2, -0.15) is 11.3 Å². The Balaban J connectivity index is 1.75. The number of nitrogens with one attached hydrogen (secondary N) is 1. The van der Waals surface area contributed by atoms with Gasteiger partial charge in [0.2, 0.25) is 0 Å².